The van der Waals surface area contributed by atoms with Crippen molar-refractivity contribution in [2.24, 2.45) is 0 Å². The van der Waals surface area contributed by atoms with Crippen LogP contribution in [-0.4, -0.2) is 29.6 Å². The van der Waals surface area contributed by atoms with Gasteiger partial charge in [0.25, 0.3) is 5.56 Å². The first kappa shape index (κ1) is 16.1. The van der Waals surface area contributed by atoms with Crippen LogP contribution in [0.15, 0.2) is 29.2 Å². The largest absolute Gasteiger partial charge is 0.371 e. The molecule has 2 aliphatic rings. The van der Waals surface area contributed by atoms with E-state index in [-0.39, 0.29) is 17.6 Å². The van der Waals surface area contributed by atoms with Gasteiger partial charge in [-0.25, -0.2) is 0 Å². The average molecular weight is 341 g/mol. The molecule has 2 heterocycles. The molecule has 1 aliphatic carbocycles. The van der Waals surface area contributed by atoms with E-state index in [2.05, 4.69) is 21.4 Å². The van der Waals surface area contributed by atoms with Gasteiger partial charge in [0.05, 0.1) is 0 Å². The SMILES string of the molecule is CC(=O)ONC1CCC(N2CCc3c[nH]c(=O)c4cccc2c34)CC1. The van der Waals surface area contributed by atoms with Crippen LogP contribution < -0.4 is 15.9 Å². The van der Waals surface area contributed by atoms with Crippen LogP contribution in [0, 0.1) is 0 Å². The molecule has 25 heavy (non-hydrogen) atoms. The summed E-state index contributed by atoms with van der Waals surface area (Å²) in [6, 6.07) is 6.71. The van der Waals surface area contributed by atoms with Crippen LogP contribution in [0.5, 0.6) is 0 Å². The Kier molecular flexibility index (Phi) is 4.21. The van der Waals surface area contributed by atoms with E-state index in [0.717, 1.165) is 49.4 Å². The minimum absolute atomic E-state index is 0.0169. The molecular weight excluding hydrogens is 318 g/mol. The summed E-state index contributed by atoms with van der Waals surface area (Å²) in [5.41, 5.74) is 5.27. The summed E-state index contributed by atoms with van der Waals surface area (Å²) in [5.74, 6) is -0.299. The van der Waals surface area contributed by atoms with E-state index >= 15 is 0 Å². The van der Waals surface area contributed by atoms with E-state index < -0.39 is 0 Å². The highest BCUT2D eigenvalue weighted by Gasteiger charge is 2.30. The Morgan fingerprint density at radius 3 is 2.84 bits per heavy atom. The van der Waals surface area contributed by atoms with Crippen LogP contribution in [0.2, 0.25) is 0 Å². The number of nitrogens with zero attached hydrogens (tertiary/aromatic N) is 1. The van der Waals surface area contributed by atoms with Crippen molar-refractivity contribution in [3.8, 4) is 0 Å². The molecular formula is C19H23N3O3. The van der Waals surface area contributed by atoms with Crippen molar-refractivity contribution in [2.75, 3.05) is 11.4 Å². The quantitative estimate of drug-likeness (QED) is 0.838. The fraction of sp³-hybridized carbons (Fsp3) is 0.474. The molecule has 6 heteroatoms. The van der Waals surface area contributed by atoms with Gasteiger partial charge in [0.2, 0.25) is 0 Å². The molecule has 0 unspecified atom stereocenters. The molecule has 0 radical (unpaired) electrons. The van der Waals surface area contributed by atoms with E-state index in [1.54, 1.807) is 0 Å². The molecule has 1 aromatic heterocycles. The van der Waals surface area contributed by atoms with E-state index in [1.165, 1.54) is 18.2 Å². The summed E-state index contributed by atoms with van der Waals surface area (Å²) in [7, 11) is 0. The maximum absolute atomic E-state index is 12.2. The first-order valence-electron chi connectivity index (χ1n) is 8.96. The normalized spacial score (nSPS) is 22.8. The van der Waals surface area contributed by atoms with Crippen LogP contribution >= 0.6 is 0 Å². The monoisotopic (exact) mass is 341 g/mol. The lowest BCUT2D eigenvalue weighted by molar-refractivity contribution is -0.150. The summed E-state index contributed by atoms with van der Waals surface area (Å²) >= 11 is 0. The summed E-state index contributed by atoms with van der Waals surface area (Å²) in [4.78, 5) is 33.3. The number of nitrogens with one attached hydrogen (secondary N) is 2. The number of hydroxylamine groups is 1. The first-order chi connectivity index (χ1) is 12.1. The fourth-order valence-corrected chi connectivity index (χ4v) is 4.22. The number of hydrogen-bond donors (Lipinski definition) is 2. The molecule has 132 valence electrons. The minimum atomic E-state index is -0.299. The van der Waals surface area contributed by atoms with Gasteiger partial charge in [-0.05, 0) is 49.8 Å². The number of benzene rings is 1. The van der Waals surface area contributed by atoms with Crippen LogP contribution in [0.25, 0.3) is 10.8 Å². The predicted octanol–water partition coefficient (Wildman–Crippen LogP) is 2.27. The molecule has 0 amide bonds. The highest BCUT2D eigenvalue weighted by atomic mass is 16.7. The van der Waals surface area contributed by atoms with Gasteiger partial charge in [0.15, 0.2) is 0 Å². The summed E-state index contributed by atoms with van der Waals surface area (Å²) in [6.07, 6.45) is 6.88. The predicted molar refractivity (Wildman–Crippen MR) is 96.6 cm³/mol. The van der Waals surface area contributed by atoms with Crippen molar-refractivity contribution in [3.05, 3.63) is 40.3 Å². The summed E-state index contributed by atoms with van der Waals surface area (Å²) in [6.45, 7) is 2.39. The van der Waals surface area contributed by atoms with Crippen molar-refractivity contribution in [2.45, 2.75) is 51.1 Å². The number of carbonyl (C=O) groups is 1. The second-order valence-electron chi connectivity index (χ2n) is 7.00. The number of anilines is 1. The Labute approximate surface area is 146 Å². The van der Waals surface area contributed by atoms with Gasteiger partial charge in [0, 0.05) is 48.2 Å². The zero-order valence-corrected chi connectivity index (χ0v) is 14.4. The van der Waals surface area contributed by atoms with E-state index in [9.17, 15) is 9.59 Å². The second-order valence-corrected chi connectivity index (χ2v) is 7.00. The lowest BCUT2D eigenvalue weighted by atomic mass is 9.88. The van der Waals surface area contributed by atoms with Crippen molar-refractivity contribution >= 4 is 22.4 Å². The van der Waals surface area contributed by atoms with Gasteiger partial charge in [-0.1, -0.05) is 6.07 Å². The molecule has 0 bridgehead atoms. The molecule has 1 saturated carbocycles. The highest BCUT2D eigenvalue weighted by molar-refractivity contribution is 5.97. The maximum Gasteiger partial charge on any atom is 0.321 e. The topological polar surface area (TPSA) is 74.4 Å². The smallest absolute Gasteiger partial charge is 0.321 e. The van der Waals surface area contributed by atoms with E-state index in [1.807, 2.05) is 18.3 Å². The zero-order valence-electron chi connectivity index (χ0n) is 14.4. The van der Waals surface area contributed by atoms with E-state index in [4.69, 9.17) is 4.84 Å². The molecule has 1 aliphatic heterocycles. The van der Waals surface area contributed by atoms with Gasteiger partial charge in [-0.15, -0.1) is 0 Å². The van der Waals surface area contributed by atoms with Crippen molar-refractivity contribution in [1.82, 2.24) is 10.5 Å². The molecule has 2 aromatic rings. The minimum Gasteiger partial charge on any atom is -0.371 e. The third kappa shape index (κ3) is 3.02. The number of aromatic amines is 1. The number of aromatic nitrogens is 1. The van der Waals surface area contributed by atoms with Gasteiger partial charge in [0.1, 0.15) is 0 Å². The molecule has 1 fully saturated rings. The lowest BCUT2D eigenvalue weighted by Crippen LogP contribution is -2.44. The van der Waals surface area contributed by atoms with Gasteiger partial charge < -0.3 is 14.7 Å². The standard InChI is InChI=1S/C19H23N3O3/c1-12(23)25-21-14-5-7-15(8-6-14)22-10-9-13-11-20-19(24)16-3-2-4-17(22)18(13)16/h2-4,11,14-15,21H,5-10H2,1H3,(H,20,24). The second kappa shape index (κ2) is 6.52. The molecule has 0 atom stereocenters. The van der Waals surface area contributed by atoms with Gasteiger partial charge in [-0.3, -0.25) is 9.59 Å². The number of rotatable bonds is 3. The van der Waals surface area contributed by atoms with Crippen LogP contribution in [0.3, 0.4) is 0 Å². The third-order valence-corrected chi connectivity index (χ3v) is 5.42. The molecule has 0 spiro atoms. The van der Waals surface area contributed by atoms with Crippen LogP contribution in [0.1, 0.15) is 38.2 Å². The van der Waals surface area contributed by atoms with Gasteiger partial charge in [-0.2, -0.15) is 5.48 Å². The number of hydrogen-bond acceptors (Lipinski definition) is 5. The summed E-state index contributed by atoms with van der Waals surface area (Å²) < 4.78 is 0. The van der Waals surface area contributed by atoms with Crippen molar-refractivity contribution in [3.63, 3.8) is 0 Å². The highest BCUT2D eigenvalue weighted by Crippen LogP contribution is 2.36. The average Bonchev–Trinajstić information content (AvgIpc) is 2.63. The molecule has 2 N–H and O–H groups in total. The number of carbonyl (C=O) groups excluding carboxylic acids is 1. The lowest BCUT2D eigenvalue weighted by Gasteiger charge is -2.41. The third-order valence-electron chi connectivity index (χ3n) is 5.42. The van der Waals surface area contributed by atoms with Crippen LogP contribution in [0.4, 0.5) is 5.69 Å². The Morgan fingerprint density at radius 2 is 2.08 bits per heavy atom. The Bertz CT molecular complexity index is 853. The fourth-order valence-electron chi connectivity index (χ4n) is 4.22. The summed E-state index contributed by atoms with van der Waals surface area (Å²) in [5, 5.41) is 1.89. The zero-order chi connectivity index (χ0) is 17.4. The van der Waals surface area contributed by atoms with Crippen molar-refractivity contribution in [1.29, 1.82) is 0 Å². The molecule has 6 nitrogen and oxygen atoms in total. The first-order valence-corrected chi connectivity index (χ1v) is 8.96. The van der Waals surface area contributed by atoms with Gasteiger partial charge >= 0.3 is 5.97 Å². The van der Waals surface area contributed by atoms with E-state index in [0.29, 0.717) is 6.04 Å². The number of H-pyrrole nitrogens is 1. The maximum atomic E-state index is 12.2. The molecule has 0 saturated heterocycles. The number of pyridine rings is 1. The van der Waals surface area contributed by atoms with Crippen LogP contribution in [-0.2, 0) is 16.1 Å². The Hall–Kier alpha value is -2.34. The van der Waals surface area contributed by atoms with Crippen molar-refractivity contribution < 1.29 is 9.63 Å². The molecule has 4 rings (SSSR count). The Morgan fingerprint density at radius 1 is 1.28 bits per heavy atom. The molecule has 1 aromatic carbocycles. The Balaban J connectivity index is 1.55.